The van der Waals surface area contributed by atoms with Gasteiger partial charge in [-0.2, -0.15) is 10.4 Å². The molecule has 2 aromatic rings. The Kier molecular flexibility index (Phi) is 3.50. The third kappa shape index (κ3) is 2.61. The maximum atomic E-state index is 13.5. The van der Waals surface area contributed by atoms with Crippen molar-refractivity contribution in [2.75, 3.05) is 11.2 Å². The van der Waals surface area contributed by atoms with Gasteiger partial charge >= 0.3 is 0 Å². The Hall–Kier alpha value is -2.46. The number of anilines is 2. The predicted octanol–water partition coefficient (Wildman–Crippen LogP) is 2.18. The summed E-state index contributed by atoms with van der Waals surface area (Å²) in [5.41, 5.74) is 8.41. The van der Waals surface area contributed by atoms with Crippen LogP contribution in [-0.4, -0.2) is 11.2 Å². The summed E-state index contributed by atoms with van der Waals surface area (Å²) >= 11 is 1.28. The van der Waals surface area contributed by atoms with Gasteiger partial charge in [0.1, 0.15) is 11.6 Å². The Morgan fingerprint density at radius 1 is 1.56 bits per heavy atom. The predicted molar refractivity (Wildman–Crippen MR) is 68.9 cm³/mol. The van der Waals surface area contributed by atoms with E-state index in [2.05, 4.69) is 15.5 Å². The largest absolute Gasteiger partial charge is 0.383 e. The topological polar surface area (TPSA) is 87.1 Å². The smallest absolute Gasteiger partial charge is 0.205 e. The van der Waals surface area contributed by atoms with Gasteiger partial charge in [0.15, 0.2) is 0 Å². The average Bonchev–Trinajstić information content (AvgIpc) is 2.77. The molecule has 0 spiro atoms. The molecule has 3 N–H and O–H groups in total. The number of rotatable bonds is 3. The molecule has 1 aromatic carbocycles. The van der Waals surface area contributed by atoms with Crippen molar-refractivity contribution in [2.24, 2.45) is 5.10 Å². The maximum absolute atomic E-state index is 13.5. The van der Waals surface area contributed by atoms with Crippen molar-refractivity contribution in [2.45, 2.75) is 0 Å². The lowest BCUT2D eigenvalue weighted by Gasteiger charge is -1.98. The molecule has 90 valence electrons. The molecule has 0 saturated heterocycles. The third-order valence-electron chi connectivity index (χ3n) is 2.05. The second-order valence-electron chi connectivity index (χ2n) is 3.26. The Bertz CT molecular complexity index is 629. The number of hydrogen-bond donors (Lipinski definition) is 2. The summed E-state index contributed by atoms with van der Waals surface area (Å²) in [6, 6.07) is 6.16. The summed E-state index contributed by atoms with van der Waals surface area (Å²) < 4.78 is 13.5. The van der Waals surface area contributed by atoms with E-state index in [1.165, 1.54) is 35.8 Å². The number of hydrazone groups is 1. The van der Waals surface area contributed by atoms with E-state index in [1.807, 2.05) is 6.07 Å². The highest BCUT2D eigenvalue weighted by molar-refractivity contribution is 7.14. The highest BCUT2D eigenvalue weighted by Crippen LogP contribution is 2.16. The van der Waals surface area contributed by atoms with Gasteiger partial charge in [0, 0.05) is 10.9 Å². The zero-order chi connectivity index (χ0) is 13.0. The molecule has 0 saturated carbocycles. The Morgan fingerprint density at radius 3 is 3.06 bits per heavy atom. The fourth-order valence-electron chi connectivity index (χ4n) is 1.26. The molecule has 0 fully saturated rings. The van der Waals surface area contributed by atoms with Gasteiger partial charge in [-0.25, -0.2) is 9.37 Å². The average molecular weight is 261 g/mol. The minimum Gasteiger partial charge on any atom is -0.383 e. The molecule has 1 aromatic heterocycles. The summed E-state index contributed by atoms with van der Waals surface area (Å²) in [5.74, 6) is -0.112. The molecule has 1 heterocycles. The molecule has 0 bridgehead atoms. The van der Waals surface area contributed by atoms with Gasteiger partial charge in [0.25, 0.3) is 0 Å². The first kappa shape index (κ1) is 12.0. The maximum Gasteiger partial charge on any atom is 0.205 e. The van der Waals surface area contributed by atoms with Crippen molar-refractivity contribution in [1.29, 1.82) is 5.26 Å². The van der Waals surface area contributed by atoms with Gasteiger partial charge < -0.3 is 5.73 Å². The van der Waals surface area contributed by atoms with E-state index in [4.69, 9.17) is 11.0 Å². The molecule has 2 rings (SSSR count). The molecule has 0 aliphatic heterocycles. The van der Waals surface area contributed by atoms with Gasteiger partial charge in [-0.1, -0.05) is 6.07 Å². The summed E-state index contributed by atoms with van der Waals surface area (Å²) in [5, 5.41) is 14.8. The Labute approximate surface area is 106 Å². The monoisotopic (exact) mass is 261 g/mol. The van der Waals surface area contributed by atoms with Crippen LogP contribution in [0.4, 0.5) is 15.3 Å². The summed E-state index contributed by atoms with van der Waals surface area (Å²) in [6.45, 7) is 0. The molecular weight excluding hydrogens is 253 g/mol. The lowest BCUT2D eigenvalue weighted by molar-refractivity contribution is 0.625. The summed E-state index contributed by atoms with van der Waals surface area (Å²) in [6.07, 6.45) is 1.24. The van der Waals surface area contributed by atoms with Crippen LogP contribution in [0.1, 0.15) is 11.1 Å². The van der Waals surface area contributed by atoms with E-state index in [9.17, 15) is 4.39 Å². The number of hydrogen-bond acceptors (Lipinski definition) is 6. The van der Waals surface area contributed by atoms with E-state index in [-0.39, 0.29) is 11.1 Å². The number of halogens is 1. The van der Waals surface area contributed by atoms with E-state index in [0.717, 1.165) is 0 Å². The van der Waals surface area contributed by atoms with Crippen LogP contribution in [0.3, 0.4) is 0 Å². The van der Waals surface area contributed by atoms with Crippen LogP contribution < -0.4 is 11.2 Å². The molecule has 18 heavy (non-hydrogen) atoms. The highest BCUT2D eigenvalue weighted by Gasteiger charge is 2.05. The number of thiazole rings is 1. The lowest BCUT2D eigenvalue weighted by atomic mass is 10.1. The second-order valence-corrected chi connectivity index (χ2v) is 4.12. The van der Waals surface area contributed by atoms with Crippen LogP contribution in [0.15, 0.2) is 28.7 Å². The number of nitrogens with zero attached hydrogens (tertiary/aromatic N) is 3. The normalized spacial score (nSPS) is 10.4. The van der Waals surface area contributed by atoms with Crippen LogP contribution in [0.2, 0.25) is 0 Å². The molecule has 0 aliphatic rings. The number of benzene rings is 1. The first-order valence-corrected chi connectivity index (χ1v) is 5.77. The molecule has 5 nitrogen and oxygen atoms in total. The number of nitrogens with two attached hydrogens (primary N) is 1. The standard InChI is InChI=1S/C11H8FN5S/c12-9-3-1-2-7(4-13)8(9)5-15-17-11-16-10(14)6-18-11/h1-3,5-6H,14H2,(H,16,17). The number of nitriles is 1. The van der Waals surface area contributed by atoms with Gasteiger partial charge in [-0.3, -0.25) is 5.43 Å². The molecule has 0 amide bonds. The highest BCUT2D eigenvalue weighted by atomic mass is 32.1. The summed E-state index contributed by atoms with van der Waals surface area (Å²) in [7, 11) is 0. The fourth-order valence-corrected chi connectivity index (χ4v) is 1.80. The van der Waals surface area contributed by atoms with Gasteiger partial charge in [0.05, 0.1) is 17.8 Å². The van der Waals surface area contributed by atoms with E-state index < -0.39 is 5.82 Å². The van der Waals surface area contributed by atoms with Crippen molar-refractivity contribution in [3.8, 4) is 6.07 Å². The van der Waals surface area contributed by atoms with Crippen molar-refractivity contribution < 1.29 is 4.39 Å². The Morgan fingerprint density at radius 2 is 2.39 bits per heavy atom. The van der Waals surface area contributed by atoms with Gasteiger partial charge in [-0.15, -0.1) is 11.3 Å². The third-order valence-corrected chi connectivity index (χ3v) is 2.81. The van der Waals surface area contributed by atoms with Crippen LogP contribution in [-0.2, 0) is 0 Å². The van der Waals surface area contributed by atoms with E-state index >= 15 is 0 Å². The van der Waals surface area contributed by atoms with Crippen LogP contribution >= 0.6 is 11.3 Å². The van der Waals surface area contributed by atoms with Crippen LogP contribution in [0.5, 0.6) is 0 Å². The minimum atomic E-state index is -0.502. The van der Waals surface area contributed by atoms with Crippen molar-refractivity contribution in [3.63, 3.8) is 0 Å². The molecule has 7 heteroatoms. The van der Waals surface area contributed by atoms with E-state index in [1.54, 1.807) is 5.38 Å². The van der Waals surface area contributed by atoms with Crippen LogP contribution in [0, 0.1) is 17.1 Å². The fraction of sp³-hybridized carbons (Fsp3) is 0. The first-order chi connectivity index (χ1) is 8.70. The number of nitrogens with one attached hydrogen (secondary N) is 1. The second kappa shape index (κ2) is 5.25. The Balaban J connectivity index is 2.17. The lowest BCUT2D eigenvalue weighted by Crippen LogP contribution is -1.96. The number of nitrogen functional groups attached to an aromatic ring is 1. The van der Waals surface area contributed by atoms with Crippen molar-refractivity contribution >= 4 is 28.5 Å². The van der Waals surface area contributed by atoms with Gasteiger partial charge in [0.2, 0.25) is 5.13 Å². The summed E-state index contributed by atoms with van der Waals surface area (Å²) in [4.78, 5) is 3.92. The molecule has 0 aliphatic carbocycles. The van der Waals surface area contributed by atoms with Crippen molar-refractivity contribution in [1.82, 2.24) is 4.98 Å². The zero-order valence-corrected chi connectivity index (χ0v) is 9.91. The van der Waals surface area contributed by atoms with Gasteiger partial charge in [-0.05, 0) is 12.1 Å². The number of aromatic nitrogens is 1. The molecular formula is C11H8FN5S. The molecule has 0 unspecified atom stereocenters. The zero-order valence-electron chi connectivity index (χ0n) is 9.09. The molecule has 0 radical (unpaired) electrons. The van der Waals surface area contributed by atoms with E-state index in [0.29, 0.717) is 10.9 Å². The minimum absolute atomic E-state index is 0.136. The van der Waals surface area contributed by atoms with Crippen LogP contribution in [0.25, 0.3) is 0 Å². The SMILES string of the molecule is N#Cc1cccc(F)c1C=NNc1nc(N)cs1. The quantitative estimate of drug-likeness (QED) is 0.655. The first-order valence-electron chi connectivity index (χ1n) is 4.89. The van der Waals surface area contributed by atoms with Crippen molar-refractivity contribution in [3.05, 3.63) is 40.5 Å². The molecule has 0 atom stereocenters.